The molecule has 92 valence electrons. The summed E-state index contributed by atoms with van der Waals surface area (Å²) < 4.78 is 0. The Morgan fingerprint density at radius 3 is 2.71 bits per heavy atom. The maximum absolute atomic E-state index is 12.0. The van der Waals surface area contributed by atoms with E-state index < -0.39 is 11.5 Å². The summed E-state index contributed by atoms with van der Waals surface area (Å²) in [6.07, 6.45) is 2.70. The summed E-state index contributed by atoms with van der Waals surface area (Å²) in [5.41, 5.74) is -0.0427. The second-order valence-corrected chi connectivity index (χ2v) is 5.24. The van der Waals surface area contributed by atoms with Crippen LogP contribution >= 0.6 is 11.3 Å². The molecule has 17 heavy (non-hydrogen) atoms. The first-order chi connectivity index (χ1) is 8.09. The van der Waals surface area contributed by atoms with E-state index in [1.165, 1.54) is 11.3 Å². The molecular weight excluding hydrogens is 238 g/mol. The molecule has 0 radical (unpaired) electrons. The second kappa shape index (κ2) is 4.49. The quantitative estimate of drug-likeness (QED) is 0.863. The number of rotatable bonds is 4. The highest BCUT2D eigenvalue weighted by molar-refractivity contribution is 7.12. The third-order valence-electron chi connectivity index (χ3n) is 3.30. The van der Waals surface area contributed by atoms with Crippen LogP contribution in [0.4, 0.5) is 0 Å². The van der Waals surface area contributed by atoms with Gasteiger partial charge in [-0.3, -0.25) is 4.79 Å². The van der Waals surface area contributed by atoms with Crippen LogP contribution < -0.4 is 5.32 Å². The number of nitrogens with one attached hydrogen (secondary N) is 1. The van der Waals surface area contributed by atoms with Crippen LogP contribution in [0, 0.1) is 0 Å². The third kappa shape index (κ3) is 2.07. The lowest BCUT2D eigenvalue weighted by molar-refractivity contribution is -0.148. The molecule has 0 atom stereocenters. The molecule has 0 unspecified atom stereocenters. The lowest BCUT2D eigenvalue weighted by Crippen LogP contribution is -2.59. The topological polar surface area (TPSA) is 66.4 Å². The van der Waals surface area contributed by atoms with E-state index in [-0.39, 0.29) is 5.91 Å². The van der Waals surface area contributed by atoms with Crippen molar-refractivity contribution in [3.63, 3.8) is 0 Å². The van der Waals surface area contributed by atoms with Gasteiger partial charge in [-0.25, -0.2) is 4.79 Å². The first-order valence-electron chi connectivity index (χ1n) is 5.71. The van der Waals surface area contributed by atoms with Crippen LogP contribution in [-0.2, 0) is 11.2 Å². The zero-order valence-electron chi connectivity index (χ0n) is 9.66. The fraction of sp³-hybridized carbons (Fsp3) is 0.500. The Morgan fingerprint density at radius 2 is 2.24 bits per heavy atom. The van der Waals surface area contributed by atoms with Gasteiger partial charge in [0.1, 0.15) is 5.54 Å². The lowest BCUT2D eigenvalue weighted by Gasteiger charge is -2.38. The smallest absolute Gasteiger partial charge is 0.329 e. The van der Waals surface area contributed by atoms with Gasteiger partial charge >= 0.3 is 5.97 Å². The summed E-state index contributed by atoms with van der Waals surface area (Å²) in [7, 11) is 0. The summed E-state index contributed by atoms with van der Waals surface area (Å²) in [5, 5.41) is 13.7. The molecule has 0 spiro atoms. The van der Waals surface area contributed by atoms with Crippen molar-refractivity contribution < 1.29 is 14.7 Å². The van der Waals surface area contributed by atoms with Crippen LogP contribution in [0.5, 0.6) is 0 Å². The maximum atomic E-state index is 12.0. The van der Waals surface area contributed by atoms with Crippen molar-refractivity contribution in [3.05, 3.63) is 21.9 Å². The lowest BCUT2D eigenvalue weighted by atomic mass is 9.76. The van der Waals surface area contributed by atoms with Gasteiger partial charge in [-0.15, -0.1) is 11.3 Å². The highest BCUT2D eigenvalue weighted by Gasteiger charge is 2.46. The predicted octanol–water partition coefficient (Wildman–Crippen LogP) is 2.05. The summed E-state index contributed by atoms with van der Waals surface area (Å²) in [6, 6.07) is 1.91. The monoisotopic (exact) mass is 253 g/mol. The van der Waals surface area contributed by atoms with Crippen molar-refractivity contribution in [2.45, 2.75) is 38.1 Å². The molecule has 0 aliphatic heterocycles. The molecule has 5 heteroatoms. The fourth-order valence-electron chi connectivity index (χ4n) is 2.01. The van der Waals surface area contributed by atoms with Crippen molar-refractivity contribution in [1.82, 2.24) is 5.32 Å². The van der Waals surface area contributed by atoms with Gasteiger partial charge in [0.15, 0.2) is 0 Å². The molecule has 0 saturated heterocycles. The maximum Gasteiger partial charge on any atom is 0.329 e. The van der Waals surface area contributed by atoms with Crippen molar-refractivity contribution >= 4 is 23.2 Å². The van der Waals surface area contributed by atoms with E-state index in [1.807, 2.05) is 18.4 Å². The standard InChI is InChI=1S/C12H15NO3S/c1-2-8-4-7-17-9(8)10(14)13-12(11(15)16)5-3-6-12/h4,7H,2-3,5-6H2,1H3,(H,13,14)(H,15,16). The summed E-state index contributed by atoms with van der Waals surface area (Å²) in [6.45, 7) is 1.98. The van der Waals surface area contributed by atoms with Gasteiger partial charge in [0.2, 0.25) is 0 Å². The molecule has 1 aromatic rings. The van der Waals surface area contributed by atoms with Gasteiger partial charge in [0.05, 0.1) is 4.88 Å². The predicted molar refractivity (Wildman–Crippen MR) is 65.4 cm³/mol. The third-order valence-corrected chi connectivity index (χ3v) is 4.26. The molecule has 1 saturated carbocycles. The van der Waals surface area contributed by atoms with E-state index in [2.05, 4.69) is 5.32 Å². The number of hydrogen-bond acceptors (Lipinski definition) is 3. The number of aryl methyl sites for hydroxylation is 1. The van der Waals surface area contributed by atoms with E-state index in [1.54, 1.807) is 0 Å². The highest BCUT2D eigenvalue weighted by atomic mass is 32.1. The summed E-state index contributed by atoms with van der Waals surface area (Å²) in [4.78, 5) is 23.8. The molecule has 1 aromatic heterocycles. The number of carboxylic acids is 1. The van der Waals surface area contributed by atoms with E-state index >= 15 is 0 Å². The fourth-order valence-corrected chi connectivity index (χ4v) is 2.90. The Balaban J connectivity index is 2.14. The van der Waals surface area contributed by atoms with Crippen LogP contribution in [0.3, 0.4) is 0 Å². The Kier molecular flexibility index (Phi) is 3.19. The van der Waals surface area contributed by atoms with Gasteiger partial charge in [-0.1, -0.05) is 6.92 Å². The number of thiophene rings is 1. The van der Waals surface area contributed by atoms with E-state index in [0.29, 0.717) is 17.7 Å². The average molecular weight is 253 g/mol. The number of carboxylic acid groups (broad SMARTS) is 1. The first-order valence-corrected chi connectivity index (χ1v) is 6.59. The molecule has 0 bridgehead atoms. The molecule has 2 N–H and O–H groups in total. The zero-order valence-corrected chi connectivity index (χ0v) is 10.5. The van der Waals surface area contributed by atoms with E-state index in [4.69, 9.17) is 5.11 Å². The second-order valence-electron chi connectivity index (χ2n) is 4.32. The number of carbonyl (C=O) groups excluding carboxylic acids is 1. The van der Waals surface area contributed by atoms with Gasteiger partial charge in [-0.05, 0) is 42.7 Å². The van der Waals surface area contributed by atoms with Crippen LogP contribution in [0.15, 0.2) is 11.4 Å². The summed E-state index contributed by atoms with van der Waals surface area (Å²) in [5.74, 6) is -1.18. The molecule has 4 nitrogen and oxygen atoms in total. The zero-order chi connectivity index (χ0) is 12.5. The van der Waals surface area contributed by atoms with Crippen molar-refractivity contribution in [1.29, 1.82) is 0 Å². The van der Waals surface area contributed by atoms with Crippen molar-refractivity contribution in [2.24, 2.45) is 0 Å². The highest BCUT2D eigenvalue weighted by Crippen LogP contribution is 2.33. The van der Waals surface area contributed by atoms with Crippen molar-refractivity contribution in [3.8, 4) is 0 Å². The van der Waals surface area contributed by atoms with Gasteiger partial charge in [0, 0.05) is 0 Å². The van der Waals surface area contributed by atoms with E-state index in [9.17, 15) is 9.59 Å². The Labute approximate surface area is 104 Å². The number of hydrogen-bond donors (Lipinski definition) is 2. The molecule has 1 aliphatic rings. The number of aliphatic carboxylic acids is 1. The minimum absolute atomic E-state index is 0.251. The normalized spacial score (nSPS) is 17.2. The molecule has 0 aromatic carbocycles. The molecule has 1 aliphatic carbocycles. The minimum atomic E-state index is -1.02. The Morgan fingerprint density at radius 1 is 1.53 bits per heavy atom. The average Bonchev–Trinajstić information content (AvgIpc) is 2.70. The summed E-state index contributed by atoms with van der Waals surface area (Å²) >= 11 is 1.36. The first kappa shape index (κ1) is 12.1. The molecular formula is C12H15NO3S. The minimum Gasteiger partial charge on any atom is -0.480 e. The van der Waals surface area contributed by atoms with Gasteiger partial charge < -0.3 is 10.4 Å². The van der Waals surface area contributed by atoms with Gasteiger partial charge in [-0.2, -0.15) is 0 Å². The SMILES string of the molecule is CCc1ccsc1C(=O)NC1(C(=O)O)CCC1. The largest absolute Gasteiger partial charge is 0.480 e. The van der Waals surface area contributed by atoms with Gasteiger partial charge in [0.25, 0.3) is 5.91 Å². The Hall–Kier alpha value is -1.36. The number of amides is 1. The number of carbonyl (C=O) groups is 2. The molecule has 1 amide bonds. The Bertz CT molecular complexity index is 448. The van der Waals surface area contributed by atoms with Crippen molar-refractivity contribution in [2.75, 3.05) is 0 Å². The van der Waals surface area contributed by atoms with Crippen LogP contribution in [0.25, 0.3) is 0 Å². The van der Waals surface area contributed by atoms with E-state index in [0.717, 1.165) is 18.4 Å². The molecule has 1 fully saturated rings. The van der Waals surface area contributed by atoms with Crippen LogP contribution in [-0.4, -0.2) is 22.5 Å². The van der Waals surface area contributed by atoms with Crippen LogP contribution in [0.1, 0.15) is 41.4 Å². The van der Waals surface area contributed by atoms with Crippen LogP contribution in [0.2, 0.25) is 0 Å². The molecule has 2 rings (SSSR count). The molecule has 1 heterocycles.